The van der Waals surface area contributed by atoms with Crippen LogP contribution >= 0.6 is 11.6 Å². The molecule has 0 aromatic heterocycles. The molecule has 5 heteroatoms. The lowest BCUT2D eigenvalue weighted by atomic mass is 9.83. The minimum Gasteiger partial charge on any atom is -0.480 e. The zero-order valence-electron chi connectivity index (χ0n) is 15.1. The van der Waals surface area contributed by atoms with Gasteiger partial charge >= 0.3 is 5.97 Å². The summed E-state index contributed by atoms with van der Waals surface area (Å²) < 4.78 is 0. The highest BCUT2D eigenvalue weighted by Crippen LogP contribution is 2.34. The molecule has 2 saturated carbocycles. The van der Waals surface area contributed by atoms with Crippen LogP contribution < -0.4 is 5.32 Å². The quantitative estimate of drug-likeness (QED) is 0.700. The van der Waals surface area contributed by atoms with Crippen molar-refractivity contribution in [2.75, 3.05) is 13.1 Å². The largest absolute Gasteiger partial charge is 0.480 e. The molecule has 2 aliphatic rings. The minimum absolute atomic E-state index is 0.185. The maximum absolute atomic E-state index is 11.1. The van der Waals surface area contributed by atoms with E-state index >= 15 is 0 Å². The summed E-state index contributed by atoms with van der Waals surface area (Å²) in [6.45, 7) is 5.61. The Labute approximate surface area is 155 Å². The Kier molecular flexibility index (Phi) is 6.03. The molecule has 0 aliphatic heterocycles. The first-order chi connectivity index (χ1) is 11.9. The number of carbonyl (C=O) groups is 1. The van der Waals surface area contributed by atoms with Crippen molar-refractivity contribution in [3.63, 3.8) is 0 Å². The maximum Gasteiger partial charge on any atom is 0.317 e. The van der Waals surface area contributed by atoms with Gasteiger partial charge in [0.25, 0.3) is 0 Å². The van der Waals surface area contributed by atoms with E-state index in [9.17, 15) is 4.79 Å². The number of carboxylic acid groups (broad SMARTS) is 1. The van der Waals surface area contributed by atoms with Crippen molar-refractivity contribution >= 4 is 17.6 Å². The molecule has 3 rings (SSSR count). The summed E-state index contributed by atoms with van der Waals surface area (Å²) in [6.07, 6.45) is 4.63. The Morgan fingerprint density at radius 2 is 1.92 bits per heavy atom. The monoisotopic (exact) mass is 364 g/mol. The molecule has 0 saturated heterocycles. The van der Waals surface area contributed by atoms with E-state index in [0.29, 0.717) is 24.0 Å². The van der Waals surface area contributed by atoms with E-state index < -0.39 is 5.97 Å². The predicted octanol–water partition coefficient (Wildman–Crippen LogP) is 3.75. The van der Waals surface area contributed by atoms with E-state index in [1.165, 1.54) is 18.4 Å². The molecule has 4 nitrogen and oxygen atoms in total. The third-order valence-electron chi connectivity index (χ3n) is 5.80. The van der Waals surface area contributed by atoms with Gasteiger partial charge in [-0.2, -0.15) is 0 Å². The van der Waals surface area contributed by atoms with Gasteiger partial charge in [0, 0.05) is 29.7 Å². The molecule has 0 heterocycles. The summed E-state index contributed by atoms with van der Waals surface area (Å²) in [5.41, 5.74) is 1.29. The van der Waals surface area contributed by atoms with Gasteiger partial charge in [0.1, 0.15) is 0 Å². The molecule has 0 radical (unpaired) electrons. The normalized spacial score (nSPS) is 25.4. The van der Waals surface area contributed by atoms with Crippen molar-refractivity contribution in [3.05, 3.63) is 34.9 Å². The molecule has 1 aromatic carbocycles. The first kappa shape index (κ1) is 18.7. The molecule has 2 fully saturated rings. The first-order valence-electron chi connectivity index (χ1n) is 9.39. The second-order valence-electron chi connectivity index (χ2n) is 7.88. The molecule has 25 heavy (non-hydrogen) atoms. The van der Waals surface area contributed by atoms with E-state index in [1.807, 2.05) is 12.1 Å². The molecule has 138 valence electrons. The summed E-state index contributed by atoms with van der Waals surface area (Å²) in [4.78, 5) is 13.3. The van der Waals surface area contributed by atoms with Gasteiger partial charge in [-0.25, -0.2) is 0 Å². The summed E-state index contributed by atoms with van der Waals surface area (Å²) in [5, 5.41) is 13.6. The Morgan fingerprint density at radius 3 is 2.48 bits per heavy atom. The van der Waals surface area contributed by atoms with Gasteiger partial charge < -0.3 is 10.4 Å². The number of nitrogens with one attached hydrogen (secondary N) is 1. The highest BCUT2D eigenvalue weighted by Gasteiger charge is 2.37. The number of carboxylic acids is 1. The molecular formula is C20H29ClN2O2. The zero-order chi connectivity index (χ0) is 18.0. The number of halogens is 1. The third kappa shape index (κ3) is 5.19. The Balaban J connectivity index is 1.46. The smallest absolute Gasteiger partial charge is 0.317 e. The number of hydrogen-bond acceptors (Lipinski definition) is 3. The highest BCUT2D eigenvalue weighted by molar-refractivity contribution is 6.30. The molecule has 1 aromatic rings. The predicted molar refractivity (Wildman–Crippen MR) is 101 cm³/mol. The van der Waals surface area contributed by atoms with Crippen molar-refractivity contribution in [1.82, 2.24) is 10.2 Å². The van der Waals surface area contributed by atoms with Gasteiger partial charge in [-0.1, -0.05) is 30.7 Å². The fourth-order valence-corrected chi connectivity index (χ4v) is 3.87. The van der Waals surface area contributed by atoms with Crippen molar-refractivity contribution in [2.45, 2.75) is 63.6 Å². The summed E-state index contributed by atoms with van der Waals surface area (Å²) in [7, 11) is 0. The molecular weight excluding hydrogens is 336 g/mol. The van der Waals surface area contributed by atoms with E-state index in [4.69, 9.17) is 16.7 Å². The minimum atomic E-state index is -0.707. The number of benzene rings is 1. The number of aliphatic carboxylic acids is 1. The Hall–Kier alpha value is -1.10. The van der Waals surface area contributed by atoms with Gasteiger partial charge in [0.05, 0.1) is 6.54 Å². The Morgan fingerprint density at radius 1 is 1.28 bits per heavy atom. The summed E-state index contributed by atoms with van der Waals surface area (Å²) >= 11 is 5.97. The third-order valence-corrected chi connectivity index (χ3v) is 6.05. The maximum atomic E-state index is 11.1. The van der Waals surface area contributed by atoms with Gasteiger partial charge in [-0.3, -0.25) is 9.69 Å². The van der Waals surface area contributed by atoms with E-state index in [1.54, 1.807) is 0 Å². The van der Waals surface area contributed by atoms with Gasteiger partial charge in [0.2, 0.25) is 0 Å². The lowest BCUT2D eigenvalue weighted by Gasteiger charge is -2.44. The first-order valence-corrected chi connectivity index (χ1v) is 9.77. The molecule has 0 bridgehead atoms. The van der Waals surface area contributed by atoms with Crippen molar-refractivity contribution in [3.8, 4) is 0 Å². The number of hydrogen-bond donors (Lipinski definition) is 2. The topological polar surface area (TPSA) is 52.6 Å². The number of rotatable bonds is 9. The van der Waals surface area contributed by atoms with Crippen LogP contribution in [-0.4, -0.2) is 47.2 Å². The SMILES string of the molecule is CC(NC1CC(N(CC(=O)O)CC2CC2)C1)C(C)c1ccc(Cl)cc1. The van der Waals surface area contributed by atoms with Gasteiger partial charge in [0.15, 0.2) is 0 Å². The van der Waals surface area contributed by atoms with Gasteiger partial charge in [-0.15, -0.1) is 0 Å². The fraction of sp³-hybridized carbons (Fsp3) is 0.650. The van der Waals surface area contributed by atoms with Crippen LogP contribution in [0.4, 0.5) is 0 Å². The lowest BCUT2D eigenvalue weighted by molar-refractivity contribution is -0.139. The van der Waals surface area contributed by atoms with E-state index in [2.05, 4.69) is 36.2 Å². The van der Waals surface area contributed by atoms with E-state index in [0.717, 1.165) is 30.3 Å². The van der Waals surface area contributed by atoms with Gasteiger partial charge in [-0.05, 0) is 62.1 Å². The van der Waals surface area contributed by atoms with Crippen LogP contribution in [0.25, 0.3) is 0 Å². The van der Waals surface area contributed by atoms with Crippen LogP contribution in [0.1, 0.15) is 51.0 Å². The molecule has 0 amide bonds. The standard InChI is InChI=1S/C20H29ClN2O2/c1-13(16-5-7-17(21)8-6-16)14(2)22-18-9-19(10-18)23(12-20(24)25)11-15-3-4-15/h5-8,13-15,18-19,22H,3-4,9-12H2,1-2H3,(H,24,25). The fourth-order valence-electron chi connectivity index (χ4n) is 3.74. The van der Waals surface area contributed by atoms with Crippen LogP contribution in [0.15, 0.2) is 24.3 Å². The molecule has 2 aliphatic carbocycles. The number of nitrogens with zero attached hydrogens (tertiary/aromatic N) is 1. The van der Waals surface area contributed by atoms with Crippen LogP contribution in [0.3, 0.4) is 0 Å². The summed E-state index contributed by atoms with van der Waals surface area (Å²) in [5.74, 6) is 0.440. The Bertz CT molecular complexity index is 582. The summed E-state index contributed by atoms with van der Waals surface area (Å²) in [6, 6.07) is 9.38. The van der Waals surface area contributed by atoms with Crippen molar-refractivity contribution < 1.29 is 9.90 Å². The average molecular weight is 365 g/mol. The second kappa shape index (κ2) is 8.07. The molecule has 2 unspecified atom stereocenters. The van der Waals surface area contributed by atoms with Crippen molar-refractivity contribution in [2.24, 2.45) is 5.92 Å². The zero-order valence-corrected chi connectivity index (χ0v) is 15.9. The van der Waals surface area contributed by atoms with Crippen LogP contribution in [0, 0.1) is 5.92 Å². The van der Waals surface area contributed by atoms with Crippen LogP contribution in [0.2, 0.25) is 5.02 Å². The lowest BCUT2D eigenvalue weighted by Crippen LogP contribution is -2.56. The molecule has 2 N–H and O–H groups in total. The highest BCUT2D eigenvalue weighted by atomic mass is 35.5. The van der Waals surface area contributed by atoms with Crippen LogP contribution in [-0.2, 0) is 4.79 Å². The second-order valence-corrected chi connectivity index (χ2v) is 8.32. The van der Waals surface area contributed by atoms with Crippen LogP contribution in [0.5, 0.6) is 0 Å². The molecule has 0 spiro atoms. The van der Waals surface area contributed by atoms with Crippen molar-refractivity contribution in [1.29, 1.82) is 0 Å². The average Bonchev–Trinajstić information content (AvgIpc) is 3.33. The molecule has 2 atom stereocenters. The van der Waals surface area contributed by atoms with E-state index in [-0.39, 0.29) is 6.54 Å².